The van der Waals surface area contributed by atoms with Gasteiger partial charge in [-0.3, -0.25) is 4.79 Å². The number of benzene rings is 1. The van der Waals surface area contributed by atoms with E-state index in [0.717, 1.165) is 19.3 Å². The Balaban J connectivity index is 1.90. The maximum Gasteiger partial charge on any atom is 0.172 e. The minimum Gasteiger partial charge on any atom is -0.497 e. The summed E-state index contributed by atoms with van der Waals surface area (Å²) in [7, 11) is 3.17. The molecule has 2 aliphatic heterocycles. The second kappa shape index (κ2) is 4.85. The number of hydrogen-bond donors (Lipinski definition) is 0. The van der Waals surface area contributed by atoms with Crippen molar-refractivity contribution in [2.75, 3.05) is 14.2 Å². The van der Waals surface area contributed by atoms with Crippen molar-refractivity contribution in [2.24, 2.45) is 5.92 Å². The van der Waals surface area contributed by atoms with Crippen molar-refractivity contribution in [2.45, 2.75) is 31.5 Å². The van der Waals surface area contributed by atoms with Crippen molar-refractivity contribution < 1.29 is 19.0 Å². The van der Waals surface area contributed by atoms with Crippen molar-refractivity contribution in [1.29, 1.82) is 0 Å². The first-order valence-corrected chi connectivity index (χ1v) is 6.64. The summed E-state index contributed by atoms with van der Waals surface area (Å²) >= 11 is 0. The van der Waals surface area contributed by atoms with Gasteiger partial charge < -0.3 is 14.2 Å². The molecular formula is C15H18O4. The lowest BCUT2D eigenvalue weighted by molar-refractivity contribution is 0.0741. The van der Waals surface area contributed by atoms with E-state index >= 15 is 0 Å². The van der Waals surface area contributed by atoms with Gasteiger partial charge in [-0.25, -0.2) is 0 Å². The zero-order valence-corrected chi connectivity index (χ0v) is 11.2. The van der Waals surface area contributed by atoms with Crippen LogP contribution in [0.5, 0.6) is 11.5 Å². The van der Waals surface area contributed by atoms with Crippen LogP contribution in [0.15, 0.2) is 18.2 Å². The summed E-state index contributed by atoms with van der Waals surface area (Å²) in [4.78, 5) is 12.7. The van der Waals surface area contributed by atoms with Gasteiger partial charge >= 0.3 is 0 Å². The normalized spacial score (nSPS) is 28.4. The summed E-state index contributed by atoms with van der Waals surface area (Å²) in [5.41, 5.74) is 0.600. The van der Waals surface area contributed by atoms with Crippen molar-refractivity contribution in [3.63, 3.8) is 0 Å². The molecule has 3 rings (SSSR count). The predicted octanol–water partition coefficient (Wildman–Crippen LogP) is 2.45. The molecule has 2 aliphatic rings. The summed E-state index contributed by atoms with van der Waals surface area (Å²) in [6.45, 7) is 0. The van der Waals surface area contributed by atoms with Crippen LogP contribution in [0.4, 0.5) is 0 Å². The second-order valence-electron chi connectivity index (χ2n) is 5.15. The highest BCUT2D eigenvalue weighted by Gasteiger charge is 2.45. The lowest BCUT2D eigenvalue weighted by Crippen LogP contribution is -2.25. The Kier molecular flexibility index (Phi) is 3.19. The summed E-state index contributed by atoms with van der Waals surface area (Å²) in [6, 6.07) is 5.33. The fourth-order valence-corrected chi connectivity index (χ4v) is 3.12. The molecule has 3 unspecified atom stereocenters. The van der Waals surface area contributed by atoms with Crippen LogP contribution in [0, 0.1) is 5.92 Å². The summed E-state index contributed by atoms with van der Waals surface area (Å²) in [5.74, 6) is 1.37. The van der Waals surface area contributed by atoms with Crippen LogP contribution in [0.3, 0.4) is 0 Å². The fraction of sp³-hybridized carbons (Fsp3) is 0.533. The van der Waals surface area contributed by atoms with Crippen molar-refractivity contribution >= 4 is 5.78 Å². The lowest BCUT2D eigenvalue weighted by Gasteiger charge is -2.19. The maximum atomic E-state index is 12.7. The van der Waals surface area contributed by atoms with Crippen LogP contribution < -0.4 is 9.47 Å². The molecule has 3 atom stereocenters. The monoisotopic (exact) mass is 262 g/mol. The minimum atomic E-state index is -0.0280. The summed E-state index contributed by atoms with van der Waals surface area (Å²) in [6.07, 6.45) is 3.28. The lowest BCUT2D eigenvalue weighted by atomic mass is 9.83. The zero-order valence-electron chi connectivity index (χ0n) is 11.2. The Labute approximate surface area is 112 Å². The molecule has 2 fully saturated rings. The highest BCUT2D eigenvalue weighted by Crippen LogP contribution is 2.41. The van der Waals surface area contributed by atoms with Crippen LogP contribution in [0.2, 0.25) is 0 Å². The molecule has 2 bridgehead atoms. The standard InChI is InChI=1S/C15H18O4/c1-17-9-3-5-13(18-2)11(7-9)15(16)12-8-10-4-6-14(12)19-10/h3,5,7,10,12,14H,4,6,8H2,1-2H3. The molecule has 0 spiro atoms. The first-order valence-electron chi connectivity index (χ1n) is 6.64. The van der Waals surface area contributed by atoms with Gasteiger partial charge in [-0.2, -0.15) is 0 Å². The third kappa shape index (κ3) is 2.10. The Hall–Kier alpha value is -1.55. The number of hydrogen-bond acceptors (Lipinski definition) is 4. The van der Waals surface area contributed by atoms with E-state index in [-0.39, 0.29) is 23.9 Å². The molecule has 0 aliphatic carbocycles. The molecule has 1 aromatic rings. The van der Waals surface area contributed by atoms with Gasteiger partial charge in [0.15, 0.2) is 5.78 Å². The minimum absolute atomic E-state index is 0.0280. The Morgan fingerprint density at radius 1 is 1.26 bits per heavy atom. The number of Topliss-reactive ketones (excluding diaryl/α,β-unsaturated/α-hetero) is 1. The number of fused-ring (bicyclic) bond motifs is 2. The molecule has 102 valence electrons. The van der Waals surface area contributed by atoms with Crippen LogP contribution in [-0.4, -0.2) is 32.2 Å². The average Bonchev–Trinajstić information content (AvgIpc) is 3.08. The zero-order chi connectivity index (χ0) is 13.4. The third-order valence-electron chi connectivity index (χ3n) is 4.11. The van der Waals surface area contributed by atoms with Gasteiger partial charge in [0, 0.05) is 0 Å². The Morgan fingerprint density at radius 3 is 2.68 bits per heavy atom. The van der Waals surface area contributed by atoms with E-state index in [0.29, 0.717) is 17.1 Å². The maximum absolute atomic E-state index is 12.7. The first kappa shape index (κ1) is 12.5. The third-order valence-corrected chi connectivity index (χ3v) is 4.11. The number of carbonyl (C=O) groups is 1. The number of methoxy groups -OCH3 is 2. The van der Waals surface area contributed by atoms with E-state index in [1.54, 1.807) is 32.4 Å². The quantitative estimate of drug-likeness (QED) is 0.782. The molecule has 0 aromatic heterocycles. The number of ether oxygens (including phenoxy) is 3. The molecular weight excluding hydrogens is 244 g/mol. The van der Waals surface area contributed by atoms with Crippen molar-refractivity contribution in [1.82, 2.24) is 0 Å². The molecule has 0 saturated carbocycles. The largest absolute Gasteiger partial charge is 0.497 e. The predicted molar refractivity (Wildman–Crippen MR) is 69.9 cm³/mol. The molecule has 4 nitrogen and oxygen atoms in total. The van der Waals surface area contributed by atoms with Crippen molar-refractivity contribution in [3.05, 3.63) is 23.8 Å². The SMILES string of the molecule is COc1ccc(OC)c(C(=O)C2CC3CCC2O3)c1. The van der Waals surface area contributed by atoms with Crippen molar-refractivity contribution in [3.8, 4) is 11.5 Å². The number of carbonyl (C=O) groups excluding carboxylic acids is 1. The molecule has 2 heterocycles. The highest BCUT2D eigenvalue weighted by molar-refractivity contribution is 6.01. The molecule has 2 saturated heterocycles. The summed E-state index contributed by atoms with van der Waals surface area (Å²) in [5, 5.41) is 0. The van der Waals surface area contributed by atoms with Gasteiger partial charge in [0.1, 0.15) is 11.5 Å². The van der Waals surface area contributed by atoms with Crippen LogP contribution in [0.1, 0.15) is 29.6 Å². The number of rotatable bonds is 4. The molecule has 1 aromatic carbocycles. The molecule has 19 heavy (non-hydrogen) atoms. The number of ketones is 1. The first-order chi connectivity index (χ1) is 9.22. The van der Waals surface area contributed by atoms with Gasteiger partial charge in [-0.15, -0.1) is 0 Å². The van der Waals surface area contributed by atoms with E-state index in [1.807, 2.05) is 0 Å². The Bertz CT molecular complexity index is 497. The highest BCUT2D eigenvalue weighted by atomic mass is 16.5. The molecule has 4 heteroatoms. The van der Waals surface area contributed by atoms with E-state index < -0.39 is 0 Å². The average molecular weight is 262 g/mol. The van der Waals surface area contributed by atoms with E-state index in [4.69, 9.17) is 14.2 Å². The van der Waals surface area contributed by atoms with Crippen LogP contribution >= 0.6 is 0 Å². The van der Waals surface area contributed by atoms with Gasteiger partial charge in [-0.1, -0.05) is 0 Å². The van der Waals surface area contributed by atoms with E-state index in [9.17, 15) is 4.79 Å². The molecule has 0 radical (unpaired) electrons. The Morgan fingerprint density at radius 2 is 2.11 bits per heavy atom. The molecule has 0 amide bonds. The fourth-order valence-electron chi connectivity index (χ4n) is 3.12. The summed E-state index contributed by atoms with van der Waals surface area (Å²) < 4.78 is 16.2. The molecule has 0 N–H and O–H groups in total. The van der Waals surface area contributed by atoms with Gasteiger partial charge in [-0.05, 0) is 37.5 Å². The van der Waals surface area contributed by atoms with Gasteiger partial charge in [0.2, 0.25) is 0 Å². The van der Waals surface area contributed by atoms with Gasteiger partial charge in [0.05, 0.1) is 37.9 Å². The van der Waals surface area contributed by atoms with Gasteiger partial charge in [0.25, 0.3) is 0 Å². The van der Waals surface area contributed by atoms with E-state index in [2.05, 4.69) is 0 Å². The van der Waals surface area contributed by atoms with Crippen LogP contribution in [0.25, 0.3) is 0 Å². The second-order valence-corrected chi connectivity index (χ2v) is 5.15. The van der Waals surface area contributed by atoms with Crippen LogP contribution in [-0.2, 0) is 4.74 Å². The van der Waals surface area contributed by atoms with E-state index in [1.165, 1.54) is 0 Å². The topological polar surface area (TPSA) is 44.8 Å². The smallest absolute Gasteiger partial charge is 0.172 e.